The number of methoxy groups -OCH3 is 1. The van der Waals surface area contributed by atoms with E-state index in [1.807, 2.05) is 54.6 Å². The molecule has 0 unspecified atom stereocenters. The van der Waals surface area contributed by atoms with Gasteiger partial charge in [0.1, 0.15) is 11.0 Å². The fraction of sp³-hybridized carbons (Fsp3) is 0.188. The van der Waals surface area contributed by atoms with Crippen LogP contribution < -0.4 is 10.5 Å². The summed E-state index contributed by atoms with van der Waals surface area (Å²) in [6.45, 7) is 0. The molecule has 2 aromatic rings. The molecule has 0 aliphatic carbocycles. The molecule has 2 N–H and O–H groups in total. The molecule has 0 heterocycles. The number of carbonyl (C=O) groups is 1. The van der Waals surface area contributed by atoms with E-state index >= 15 is 0 Å². The van der Waals surface area contributed by atoms with Gasteiger partial charge < -0.3 is 10.5 Å². The number of hydrogen-bond donors (Lipinski definition) is 1. The summed E-state index contributed by atoms with van der Waals surface area (Å²) in [6, 6.07) is 17.4. The average Bonchev–Trinajstić information content (AvgIpc) is 2.48. The first-order valence-electron chi connectivity index (χ1n) is 6.29. The summed E-state index contributed by atoms with van der Waals surface area (Å²) in [7, 11) is 1.64. The Bertz CT molecular complexity index is 572. The first kappa shape index (κ1) is 14.5. The molecule has 0 fully saturated rings. The van der Waals surface area contributed by atoms with Crippen molar-refractivity contribution in [3.63, 3.8) is 0 Å². The van der Waals surface area contributed by atoms with Crippen LogP contribution in [0.2, 0.25) is 0 Å². The maximum absolute atomic E-state index is 11.6. The molecule has 1 amide bonds. The summed E-state index contributed by atoms with van der Waals surface area (Å²) in [5.74, 6) is 1.21. The second-order valence-corrected chi connectivity index (χ2v) is 5.45. The van der Waals surface area contributed by atoms with Crippen molar-refractivity contribution in [2.45, 2.75) is 11.0 Å². The van der Waals surface area contributed by atoms with Crippen LogP contribution in [-0.2, 0) is 10.5 Å². The standard InChI is InChI=1S/C16H17NO2S/c1-19-14-9-5-6-12(10-14)11-20-15(16(17)18)13-7-3-2-4-8-13/h2-10,15H,11H2,1H3,(H2,17,18)/t15-/m1/s1. The summed E-state index contributed by atoms with van der Waals surface area (Å²) in [5.41, 5.74) is 7.55. The Morgan fingerprint density at radius 1 is 1.20 bits per heavy atom. The fourth-order valence-electron chi connectivity index (χ4n) is 1.91. The molecule has 0 aliphatic heterocycles. The Morgan fingerprint density at radius 3 is 2.60 bits per heavy atom. The second kappa shape index (κ2) is 7.01. The van der Waals surface area contributed by atoms with Gasteiger partial charge >= 0.3 is 0 Å². The molecular weight excluding hydrogens is 270 g/mol. The van der Waals surface area contributed by atoms with Gasteiger partial charge in [0, 0.05) is 5.75 Å². The van der Waals surface area contributed by atoms with E-state index in [2.05, 4.69) is 0 Å². The number of amides is 1. The van der Waals surface area contributed by atoms with Gasteiger partial charge in [0.05, 0.1) is 7.11 Å². The van der Waals surface area contributed by atoms with Gasteiger partial charge in [0.2, 0.25) is 5.91 Å². The number of benzene rings is 2. The quantitative estimate of drug-likeness (QED) is 0.888. The van der Waals surface area contributed by atoms with Crippen molar-refractivity contribution in [1.82, 2.24) is 0 Å². The predicted octanol–water partition coefficient (Wildman–Crippen LogP) is 3.16. The van der Waals surface area contributed by atoms with Gasteiger partial charge in [-0.3, -0.25) is 4.79 Å². The van der Waals surface area contributed by atoms with Crippen LogP contribution in [0.4, 0.5) is 0 Å². The molecule has 104 valence electrons. The Hall–Kier alpha value is -1.94. The number of thioether (sulfide) groups is 1. The molecule has 0 spiro atoms. The average molecular weight is 287 g/mol. The van der Waals surface area contributed by atoms with E-state index in [1.54, 1.807) is 7.11 Å². The van der Waals surface area contributed by atoms with E-state index < -0.39 is 0 Å². The first-order chi connectivity index (χ1) is 9.70. The van der Waals surface area contributed by atoms with E-state index in [-0.39, 0.29) is 11.2 Å². The van der Waals surface area contributed by atoms with E-state index in [9.17, 15) is 4.79 Å². The maximum Gasteiger partial charge on any atom is 0.235 e. The number of ether oxygens (including phenoxy) is 1. The molecule has 0 radical (unpaired) electrons. The zero-order valence-corrected chi connectivity index (χ0v) is 12.1. The highest BCUT2D eigenvalue weighted by atomic mass is 32.2. The normalized spacial score (nSPS) is 11.8. The third kappa shape index (κ3) is 3.78. The molecule has 1 atom stereocenters. The van der Waals surface area contributed by atoms with Crippen molar-refractivity contribution in [2.75, 3.05) is 7.11 Å². The van der Waals surface area contributed by atoms with Gasteiger partial charge in [0.25, 0.3) is 0 Å². The second-order valence-electron chi connectivity index (χ2n) is 4.36. The van der Waals surface area contributed by atoms with Crippen LogP contribution in [-0.4, -0.2) is 13.0 Å². The topological polar surface area (TPSA) is 52.3 Å². The monoisotopic (exact) mass is 287 g/mol. The third-order valence-electron chi connectivity index (χ3n) is 2.91. The summed E-state index contributed by atoms with van der Waals surface area (Å²) < 4.78 is 5.19. The Labute approximate surface area is 123 Å². The molecule has 0 aromatic heterocycles. The molecule has 0 saturated carbocycles. The van der Waals surface area contributed by atoms with Gasteiger partial charge in [-0.2, -0.15) is 0 Å². The highest BCUT2D eigenvalue weighted by molar-refractivity contribution is 7.99. The first-order valence-corrected chi connectivity index (χ1v) is 7.34. The van der Waals surface area contributed by atoms with Crippen LogP contribution in [0.25, 0.3) is 0 Å². The van der Waals surface area contributed by atoms with Crippen LogP contribution in [0.5, 0.6) is 5.75 Å². The van der Waals surface area contributed by atoms with Crippen LogP contribution in [0, 0.1) is 0 Å². The van der Waals surface area contributed by atoms with Crippen molar-refractivity contribution in [3.05, 3.63) is 65.7 Å². The Morgan fingerprint density at radius 2 is 1.95 bits per heavy atom. The molecule has 20 heavy (non-hydrogen) atoms. The number of carbonyl (C=O) groups excluding carboxylic acids is 1. The summed E-state index contributed by atoms with van der Waals surface area (Å²) >= 11 is 1.52. The van der Waals surface area contributed by atoms with Gasteiger partial charge in [-0.1, -0.05) is 42.5 Å². The smallest absolute Gasteiger partial charge is 0.235 e. The third-order valence-corrected chi connectivity index (χ3v) is 4.25. The van der Waals surface area contributed by atoms with Crippen molar-refractivity contribution < 1.29 is 9.53 Å². The number of rotatable bonds is 6. The molecule has 0 aliphatic rings. The lowest BCUT2D eigenvalue weighted by Gasteiger charge is -2.13. The van der Waals surface area contributed by atoms with E-state index in [4.69, 9.17) is 10.5 Å². The van der Waals surface area contributed by atoms with E-state index in [0.717, 1.165) is 16.9 Å². The van der Waals surface area contributed by atoms with Crippen molar-refractivity contribution in [1.29, 1.82) is 0 Å². The Kier molecular flexibility index (Phi) is 5.07. The minimum atomic E-state index is -0.331. The summed E-state index contributed by atoms with van der Waals surface area (Å²) in [6.07, 6.45) is 0. The van der Waals surface area contributed by atoms with E-state index in [1.165, 1.54) is 11.8 Å². The molecule has 3 nitrogen and oxygen atoms in total. The SMILES string of the molecule is COc1cccc(CS[C@@H](C(N)=O)c2ccccc2)c1. The van der Waals surface area contributed by atoms with Crippen molar-refractivity contribution in [2.24, 2.45) is 5.73 Å². The lowest BCUT2D eigenvalue weighted by atomic mass is 10.1. The fourth-order valence-corrected chi connectivity index (χ4v) is 2.96. The van der Waals surface area contributed by atoms with E-state index in [0.29, 0.717) is 5.75 Å². The maximum atomic E-state index is 11.6. The lowest BCUT2D eigenvalue weighted by molar-refractivity contribution is -0.117. The predicted molar refractivity (Wildman–Crippen MR) is 82.7 cm³/mol. The molecule has 0 bridgehead atoms. The zero-order valence-electron chi connectivity index (χ0n) is 11.3. The molecule has 0 saturated heterocycles. The lowest BCUT2D eigenvalue weighted by Crippen LogP contribution is -2.19. The van der Waals surface area contributed by atoms with Gasteiger partial charge in [-0.15, -0.1) is 11.8 Å². The number of nitrogens with two attached hydrogens (primary N) is 1. The van der Waals surface area contributed by atoms with Crippen molar-refractivity contribution >= 4 is 17.7 Å². The summed E-state index contributed by atoms with van der Waals surface area (Å²) in [4.78, 5) is 11.6. The largest absolute Gasteiger partial charge is 0.497 e. The van der Waals surface area contributed by atoms with Crippen molar-refractivity contribution in [3.8, 4) is 5.75 Å². The molecule has 4 heteroatoms. The van der Waals surface area contributed by atoms with Crippen LogP contribution >= 0.6 is 11.8 Å². The van der Waals surface area contributed by atoms with Gasteiger partial charge in [0.15, 0.2) is 0 Å². The minimum Gasteiger partial charge on any atom is -0.497 e. The Balaban J connectivity index is 2.08. The van der Waals surface area contributed by atoms with Gasteiger partial charge in [-0.05, 0) is 23.3 Å². The number of hydrogen-bond acceptors (Lipinski definition) is 3. The van der Waals surface area contributed by atoms with Crippen LogP contribution in [0.1, 0.15) is 16.4 Å². The zero-order chi connectivity index (χ0) is 14.4. The van der Waals surface area contributed by atoms with Crippen LogP contribution in [0.15, 0.2) is 54.6 Å². The molecule has 2 rings (SSSR count). The number of primary amides is 1. The highest BCUT2D eigenvalue weighted by Crippen LogP contribution is 2.31. The molecular formula is C16H17NO2S. The minimum absolute atomic E-state index is 0.316. The highest BCUT2D eigenvalue weighted by Gasteiger charge is 2.18. The van der Waals surface area contributed by atoms with Crippen LogP contribution in [0.3, 0.4) is 0 Å². The summed E-state index contributed by atoms with van der Waals surface area (Å²) in [5, 5.41) is -0.331. The molecule has 2 aromatic carbocycles. The van der Waals surface area contributed by atoms with Gasteiger partial charge in [-0.25, -0.2) is 0 Å².